The first kappa shape index (κ1) is 15.8. The van der Waals surface area contributed by atoms with Gasteiger partial charge in [0.2, 0.25) is 0 Å². The number of allylic oxidation sites excluding steroid dienone is 2. The van der Waals surface area contributed by atoms with Crippen molar-refractivity contribution in [1.29, 1.82) is 0 Å². The van der Waals surface area contributed by atoms with Crippen molar-refractivity contribution in [1.82, 2.24) is 5.32 Å². The molecule has 0 aliphatic heterocycles. The van der Waals surface area contributed by atoms with E-state index in [9.17, 15) is 4.79 Å². The summed E-state index contributed by atoms with van der Waals surface area (Å²) in [4.78, 5) is 11.5. The minimum absolute atomic E-state index is 0.282. The highest BCUT2D eigenvalue weighted by Gasteiger charge is 2.13. The highest BCUT2D eigenvalue weighted by Crippen LogP contribution is 2.20. The highest BCUT2D eigenvalue weighted by atomic mass is 16.5. The molecular weight excluding hydrogens is 238 g/mol. The molecule has 0 bridgehead atoms. The van der Waals surface area contributed by atoms with E-state index in [-0.39, 0.29) is 6.09 Å². The summed E-state index contributed by atoms with van der Waals surface area (Å²) in [5.41, 5.74) is 0. The minimum atomic E-state index is -0.282. The van der Waals surface area contributed by atoms with Gasteiger partial charge in [0.25, 0.3) is 0 Å². The molecule has 1 rings (SSSR count). The Morgan fingerprint density at radius 3 is 2.89 bits per heavy atom. The van der Waals surface area contributed by atoms with Crippen molar-refractivity contribution in [3.8, 4) is 0 Å². The number of amides is 1. The van der Waals surface area contributed by atoms with Crippen molar-refractivity contribution in [2.75, 3.05) is 13.2 Å². The van der Waals surface area contributed by atoms with Crippen LogP contribution in [0, 0.1) is 11.8 Å². The van der Waals surface area contributed by atoms with Gasteiger partial charge in [-0.1, -0.05) is 25.2 Å². The molecular formula is C16H27NO2. The maximum absolute atomic E-state index is 11.5. The summed E-state index contributed by atoms with van der Waals surface area (Å²) in [7, 11) is 0. The fourth-order valence-corrected chi connectivity index (χ4v) is 2.18. The molecule has 0 saturated carbocycles. The molecule has 3 heteroatoms. The second kappa shape index (κ2) is 9.65. The van der Waals surface area contributed by atoms with Crippen LogP contribution in [-0.2, 0) is 4.74 Å². The zero-order chi connectivity index (χ0) is 13.9. The lowest BCUT2D eigenvalue weighted by molar-refractivity contribution is 0.142. The number of ether oxygens (including phenoxy) is 1. The number of alkyl carbamates (subject to hydrolysis) is 1. The van der Waals surface area contributed by atoms with Crippen molar-refractivity contribution in [2.24, 2.45) is 11.8 Å². The minimum Gasteiger partial charge on any atom is -0.450 e. The van der Waals surface area contributed by atoms with Gasteiger partial charge in [0.15, 0.2) is 0 Å². The molecule has 1 N–H and O–H groups in total. The largest absolute Gasteiger partial charge is 0.450 e. The lowest BCUT2D eigenvalue weighted by atomic mass is 9.90. The molecule has 0 heterocycles. The van der Waals surface area contributed by atoms with E-state index >= 15 is 0 Å². The fourth-order valence-electron chi connectivity index (χ4n) is 2.18. The summed E-state index contributed by atoms with van der Waals surface area (Å²) >= 11 is 0. The number of hydrogen-bond donors (Lipinski definition) is 1. The van der Waals surface area contributed by atoms with Gasteiger partial charge in [0, 0.05) is 6.54 Å². The summed E-state index contributed by atoms with van der Waals surface area (Å²) in [5, 5.41) is 2.84. The monoisotopic (exact) mass is 265 g/mol. The summed E-state index contributed by atoms with van der Waals surface area (Å²) in [5.74, 6) is 1.15. The number of carbonyl (C=O) groups excluding carboxylic acids is 1. The van der Waals surface area contributed by atoms with Gasteiger partial charge < -0.3 is 10.1 Å². The van der Waals surface area contributed by atoms with Crippen LogP contribution in [-0.4, -0.2) is 19.2 Å². The van der Waals surface area contributed by atoms with E-state index in [1.54, 1.807) is 0 Å². The summed E-state index contributed by atoms with van der Waals surface area (Å²) in [6, 6.07) is 0. The van der Waals surface area contributed by atoms with E-state index in [1.165, 1.54) is 6.42 Å². The van der Waals surface area contributed by atoms with Crippen LogP contribution in [0.25, 0.3) is 0 Å². The Balaban J connectivity index is 1.99. The van der Waals surface area contributed by atoms with Crippen LogP contribution >= 0.6 is 0 Å². The number of nitrogens with one attached hydrogen (secondary N) is 1. The average Bonchev–Trinajstić information content (AvgIpc) is 2.42. The first-order chi connectivity index (χ1) is 9.22. The van der Waals surface area contributed by atoms with Crippen LogP contribution in [0.5, 0.6) is 0 Å². The van der Waals surface area contributed by atoms with E-state index in [2.05, 4.69) is 31.0 Å². The molecule has 0 aromatic carbocycles. The van der Waals surface area contributed by atoms with Crippen molar-refractivity contribution in [3.63, 3.8) is 0 Å². The lowest BCUT2D eigenvalue weighted by Crippen LogP contribution is -2.30. The van der Waals surface area contributed by atoms with Crippen molar-refractivity contribution < 1.29 is 9.53 Å². The van der Waals surface area contributed by atoms with E-state index in [0.29, 0.717) is 25.0 Å². The van der Waals surface area contributed by atoms with Crippen LogP contribution in [0.2, 0.25) is 0 Å². The van der Waals surface area contributed by atoms with Crippen molar-refractivity contribution >= 4 is 6.09 Å². The van der Waals surface area contributed by atoms with Gasteiger partial charge in [-0.25, -0.2) is 4.79 Å². The summed E-state index contributed by atoms with van der Waals surface area (Å²) < 4.78 is 5.13. The van der Waals surface area contributed by atoms with Gasteiger partial charge in [-0.3, -0.25) is 0 Å². The Hall–Kier alpha value is -1.25. The van der Waals surface area contributed by atoms with Crippen LogP contribution in [0.15, 0.2) is 24.8 Å². The molecule has 0 spiro atoms. The fraction of sp³-hybridized carbons (Fsp3) is 0.688. The topological polar surface area (TPSA) is 38.3 Å². The molecule has 1 amide bonds. The first-order valence-corrected chi connectivity index (χ1v) is 7.42. The van der Waals surface area contributed by atoms with Gasteiger partial charge in [-0.2, -0.15) is 0 Å². The van der Waals surface area contributed by atoms with E-state index in [4.69, 9.17) is 4.74 Å². The van der Waals surface area contributed by atoms with E-state index in [0.717, 1.165) is 32.1 Å². The van der Waals surface area contributed by atoms with E-state index < -0.39 is 0 Å². The third-order valence-corrected chi connectivity index (χ3v) is 3.50. The van der Waals surface area contributed by atoms with Gasteiger partial charge in [0.1, 0.15) is 0 Å². The van der Waals surface area contributed by atoms with Crippen LogP contribution in [0.4, 0.5) is 4.79 Å². The predicted octanol–water partition coefficient (Wildman–Crippen LogP) is 4.06. The summed E-state index contributed by atoms with van der Waals surface area (Å²) in [6.45, 7) is 7.11. The molecule has 3 nitrogen and oxygen atoms in total. The predicted molar refractivity (Wildman–Crippen MR) is 79.0 cm³/mol. The number of carbonyl (C=O) groups is 1. The van der Waals surface area contributed by atoms with Crippen LogP contribution < -0.4 is 5.32 Å². The van der Waals surface area contributed by atoms with Crippen molar-refractivity contribution in [3.05, 3.63) is 24.8 Å². The molecule has 2 unspecified atom stereocenters. The Labute approximate surface area is 117 Å². The van der Waals surface area contributed by atoms with Crippen LogP contribution in [0.3, 0.4) is 0 Å². The molecule has 0 aromatic heterocycles. The Morgan fingerprint density at radius 1 is 1.37 bits per heavy atom. The number of rotatable bonds is 8. The van der Waals surface area contributed by atoms with Crippen molar-refractivity contribution in [2.45, 2.75) is 45.4 Å². The molecule has 19 heavy (non-hydrogen) atoms. The average molecular weight is 265 g/mol. The highest BCUT2D eigenvalue weighted by molar-refractivity contribution is 5.67. The first-order valence-electron chi connectivity index (χ1n) is 7.42. The smallest absolute Gasteiger partial charge is 0.407 e. The molecule has 0 saturated heterocycles. The number of hydrogen-bond acceptors (Lipinski definition) is 2. The third-order valence-electron chi connectivity index (χ3n) is 3.50. The quantitative estimate of drug-likeness (QED) is 0.531. The Bertz CT molecular complexity index is 299. The van der Waals surface area contributed by atoms with Gasteiger partial charge >= 0.3 is 6.09 Å². The molecule has 1 aliphatic rings. The zero-order valence-corrected chi connectivity index (χ0v) is 12.1. The van der Waals surface area contributed by atoms with Gasteiger partial charge in [-0.15, -0.1) is 6.58 Å². The molecule has 0 radical (unpaired) electrons. The van der Waals surface area contributed by atoms with E-state index in [1.807, 2.05) is 6.08 Å². The zero-order valence-electron chi connectivity index (χ0n) is 12.1. The standard InChI is InChI=1S/C16H27NO2/c1-3-4-5-6-7-12-19-16(18)17-13-15-10-8-14(2)9-11-15/h3,8,10,14-15H,1,4-7,9,11-13H2,2H3,(H,17,18). The van der Waals surface area contributed by atoms with Gasteiger partial charge in [0.05, 0.1) is 6.61 Å². The second-order valence-electron chi connectivity index (χ2n) is 5.35. The Kier molecular flexibility index (Phi) is 8.03. The summed E-state index contributed by atoms with van der Waals surface area (Å²) in [6.07, 6.45) is 12.6. The maximum atomic E-state index is 11.5. The SMILES string of the molecule is C=CCCCCCOC(=O)NCC1C=CC(C)CC1. The third kappa shape index (κ3) is 7.70. The molecule has 0 fully saturated rings. The Morgan fingerprint density at radius 2 is 2.21 bits per heavy atom. The normalized spacial score (nSPS) is 21.9. The maximum Gasteiger partial charge on any atom is 0.407 e. The van der Waals surface area contributed by atoms with Gasteiger partial charge in [-0.05, 0) is 50.4 Å². The molecule has 108 valence electrons. The van der Waals surface area contributed by atoms with Crippen LogP contribution in [0.1, 0.15) is 45.4 Å². The molecule has 0 aromatic rings. The number of unbranched alkanes of at least 4 members (excludes halogenated alkanes) is 3. The molecule has 2 atom stereocenters. The lowest BCUT2D eigenvalue weighted by Gasteiger charge is -2.20. The second-order valence-corrected chi connectivity index (χ2v) is 5.35. The molecule has 1 aliphatic carbocycles.